The van der Waals surface area contributed by atoms with Crippen LogP contribution in [0.3, 0.4) is 0 Å². The van der Waals surface area contributed by atoms with E-state index in [1.807, 2.05) is 20.8 Å². The highest BCUT2D eigenvalue weighted by atomic mass is 16.6. The van der Waals surface area contributed by atoms with Crippen LogP contribution in [-0.2, 0) is 9.47 Å². The van der Waals surface area contributed by atoms with Crippen LogP contribution in [0.4, 0.5) is 11.6 Å². The van der Waals surface area contributed by atoms with Gasteiger partial charge in [0.2, 0.25) is 0 Å². The second kappa shape index (κ2) is 10.7. The Morgan fingerprint density at radius 2 is 2.12 bits per heavy atom. The molecule has 4 N–H and O–H groups in total. The first kappa shape index (κ1) is 22.4. The van der Waals surface area contributed by atoms with Gasteiger partial charge in [0.1, 0.15) is 30.4 Å². The summed E-state index contributed by atoms with van der Waals surface area (Å²) in [7, 11) is 0. The lowest BCUT2D eigenvalue weighted by Crippen LogP contribution is -2.35. The van der Waals surface area contributed by atoms with Gasteiger partial charge in [0.15, 0.2) is 0 Å². The van der Waals surface area contributed by atoms with Crippen molar-refractivity contribution in [2.75, 3.05) is 30.3 Å². The molecule has 3 aliphatic heterocycles. The van der Waals surface area contributed by atoms with Crippen LogP contribution in [0, 0.1) is 0 Å². The Labute approximate surface area is 188 Å². The Hall–Kier alpha value is -2.82. The second-order valence-electron chi connectivity index (χ2n) is 7.91. The SMILES string of the molecule is CC=NC1=C(C)NC=NC1NC/C=C/CNc1ncnc2c1C(C)OC[C@@H]1CC[C@H](N2)O1. The summed E-state index contributed by atoms with van der Waals surface area (Å²) in [5.74, 6) is 1.54. The molecule has 0 spiro atoms. The lowest BCUT2D eigenvalue weighted by molar-refractivity contribution is -0.0279. The van der Waals surface area contributed by atoms with Gasteiger partial charge in [0, 0.05) is 25.0 Å². The molecule has 0 radical (unpaired) electrons. The van der Waals surface area contributed by atoms with E-state index >= 15 is 0 Å². The molecule has 1 fully saturated rings. The number of hydrogen-bond donors (Lipinski definition) is 4. The summed E-state index contributed by atoms with van der Waals surface area (Å²) in [5.41, 5.74) is 2.83. The molecule has 10 nitrogen and oxygen atoms in total. The summed E-state index contributed by atoms with van der Waals surface area (Å²) in [6.45, 7) is 7.80. The summed E-state index contributed by atoms with van der Waals surface area (Å²) in [6.07, 6.45) is 10.9. The molecule has 32 heavy (non-hydrogen) atoms. The zero-order valence-corrected chi connectivity index (χ0v) is 18.8. The number of fused-ring (bicyclic) bond motifs is 3. The lowest BCUT2D eigenvalue weighted by Gasteiger charge is -2.21. The van der Waals surface area contributed by atoms with E-state index in [0.717, 1.165) is 41.4 Å². The zero-order chi connectivity index (χ0) is 22.3. The van der Waals surface area contributed by atoms with E-state index in [0.29, 0.717) is 19.7 Å². The third-order valence-electron chi connectivity index (χ3n) is 5.63. The number of rotatable bonds is 7. The maximum absolute atomic E-state index is 6.06. The number of allylic oxidation sites excluding steroid dienone is 1. The summed E-state index contributed by atoms with van der Waals surface area (Å²) >= 11 is 0. The van der Waals surface area contributed by atoms with Gasteiger partial charge in [-0.2, -0.15) is 0 Å². The Kier molecular flexibility index (Phi) is 7.46. The van der Waals surface area contributed by atoms with Crippen LogP contribution in [0.2, 0.25) is 0 Å². The van der Waals surface area contributed by atoms with Crippen molar-refractivity contribution >= 4 is 24.2 Å². The minimum Gasteiger partial charge on any atom is -0.371 e. The average Bonchev–Trinajstić information content (AvgIpc) is 3.25. The van der Waals surface area contributed by atoms with Crippen LogP contribution in [0.25, 0.3) is 0 Å². The Balaban J connectivity index is 1.33. The zero-order valence-electron chi connectivity index (χ0n) is 18.8. The Bertz CT molecular complexity index is 913. The first-order chi connectivity index (χ1) is 15.7. The van der Waals surface area contributed by atoms with Gasteiger partial charge < -0.3 is 25.4 Å². The van der Waals surface area contributed by atoms with Gasteiger partial charge in [-0.3, -0.25) is 15.3 Å². The van der Waals surface area contributed by atoms with Gasteiger partial charge in [-0.1, -0.05) is 12.2 Å². The minimum absolute atomic E-state index is 0.0290. The summed E-state index contributed by atoms with van der Waals surface area (Å²) in [5, 5.41) is 13.3. The molecule has 0 aromatic carbocycles. The van der Waals surface area contributed by atoms with Gasteiger partial charge in [0.05, 0.1) is 36.4 Å². The number of anilines is 2. The van der Waals surface area contributed by atoms with E-state index < -0.39 is 0 Å². The summed E-state index contributed by atoms with van der Waals surface area (Å²) < 4.78 is 12.0. The van der Waals surface area contributed by atoms with Crippen molar-refractivity contribution in [3.8, 4) is 0 Å². The monoisotopic (exact) mass is 440 g/mol. The molecule has 2 bridgehead atoms. The van der Waals surface area contributed by atoms with E-state index in [9.17, 15) is 0 Å². The summed E-state index contributed by atoms with van der Waals surface area (Å²) in [6, 6.07) is 0. The van der Waals surface area contributed by atoms with Crippen molar-refractivity contribution in [2.45, 2.75) is 58.2 Å². The maximum atomic E-state index is 6.06. The normalized spacial score (nSPS) is 27.6. The number of aliphatic imine (C=N–C) groups is 2. The number of hydrogen-bond acceptors (Lipinski definition) is 10. The highest BCUT2D eigenvalue weighted by molar-refractivity contribution is 5.63. The first-order valence-corrected chi connectivity index (χ1v) is 11.1. The van der Waals surface area contributed by atoms with Crippen molar-refractivity contribution in [1.82, 2.24) is 20.6 Å². The quantitative estimate of drug-likeness (QED) is 0.377. The number of aromatic nitrogens is 2. The van der Waals surface area contributed by atoms with E-state index in [-0.39, 0.29) is 24.6 Å². The molecule has 3 aliphatic rings. The van der Waals surface area contributed by atoms with Crippen molar-refractivity contribution < 1.29 is 9.47 Å². The van der Waals surface area contributed by atoms with Crippen LogP contribution in [-0.4, -0.2) is 60.7 Å². The molecule has 1 aromatic heterocycles. The van der Waals surface area contributed by atoms with Crippen molar-refractivity contribution in [2.24, 2.45) is 9.98 Å². The number of ether oxygens (including phenoxy) is 2. The smallest absolute Gasteiger partial charge is 0.146 e. The molecular weight excluding hydrogens is 408 g/mol. The van der Waals surface area contributed by atoms with Crippen molar-refractivity contribution in [1.29, 1.82) is 0 Å². The fourth-order valence-electron chi connectivity index (χ4n) is 3.97. The van der Waals surface area contributed by atoms with Crippen LogP contribution >= 0.6 is 0 Å². The van der Waals surface area contributed by atoms with Gasteiger partial charge in [-0.15, -0.1) is 0 Å². The molecule has 1 aromatic rings. The third kappa shape index (κ3) is 5.32. The molecule has 2 unspecified atom stereocenters. The van der Waals surface area contributed by atoms with Gasteiger partial charge in [-0.05, 0) is 33.6 Å². The van der Waals surface area contributed by atoms with E-state index in [4.69, 9.17) is 9.47 Å². The largest absolute Gasteiger partial charge is 0.371 e. The number of nitrogens with zero attached hydrogens (tertiary/aromatic N) is 4. The highest BCUT2D eigenvalue weighted by Crippen LogP contribution is 2.34. The molecular formula is C22H32N8O2. The van der Waals surface area contributed by atoms with E-state index in [2.05, 4.69) is 53.4 Å². The van der Waals surface area contributed by atoms with Crippen LogP contribution in [0.15, 0.2) is 39.9 Å². The molecule has 10 heteroatoms. The topological polar surface area (TPSA) is 117 Å². The minimum atomic E-state index is -0.155. The van der Waals surface area contributed by atoms with E-state index in [1.54, 1.807) is 18.9 Å². The third-order valence-corrected chi connectivity index (χ3v) is 5.63. The first-order valence-electron chi connectivity index (χ1n) is 11.1. The van der Waals surface area contributed by atoms with Crippen molar-refractivity contribution in [3.63, 3.8) is 0 Å². The lowest BCUT2D eigenvalue weighted by atomic mass is 10.1. The van der Waals surface area contributed by atoms with Gasteiger partial charge in [-0.25, -0.2) is 9.97 Å². The standard InChI is InChI=1S/C22H32N8O2/c1-4-23-19-14(2)26-12-29-22(19)25-10-6-5-9-24-20-18-15(3)31-11-16-7-8-17(32-16)30-21(18)28-13-27-20/h4-6,12-13,15-17,22,25H,7-11H2,1-3H3,(H,26,29)(H2,24,27,28,30)/b6-5+,23-4?/t15?,16-,17+,22?/m0/s1. The predicted octanol–water partition coefficient (Wildman–Crippen LogP) is 2.32. The van der Waals surface area contributed by atoms with E-state index in [1.165, 1.54) is 0 Å². The molecule has 4 rings (SSSR count). The molecule has 1 saturated heterocycles. The molecule has 4 atom stereocenters. The molecule has 0 amide bonds. The molecule has 0 saturated carbocycles. The molecule has 0 aliphatic carbocycles. The second-order valence-corrected chi connectivity index (χ2v) is 7.91. The highest BCUT2D eigenvalue weighted by Gasteiger charge is 2.31. The van der Waals surface area contributed by atoms with Crippen LogP contribution in [0.5, 0.6) is 0 Å². The molecule has 4 heterocycles. The number of nitrogens with one attached hydrogen (secondary N) is 4. The fourth-order valence-corrected chi connectivity index (χ4v) is 3.97. The average molecular weight is 441 g/mol. The molecule has 172 valence electrons. The van der Waals surface area contributed by atoms with Crippen LogP contribution in [0.1, 0.15) is 45.3 Å². The maximum Gasteiger partial charge on any atom is 0.146 e. The van der Waals surface area contributed by atoms with Crippen molar-refractivity contribution in [3.05, 3.63) is 35.4 Å². The Morgan fingerprint density at radius 3 is 3.00 bits per heavy atom. The van der Waals surface area contributed by atoms with Gasteiger partial charge >= 0.3 is 0 Å². The summed E-state index contributed by atoms with van der Waals surface area (Å²) in [4.78, 5) is 17.7. The fraction of sp³-hybridized carbons (Fsp3) is 0.545. The predicted molar refractivity (Wildman–Crippen MR) is 126 cm³/mol. The van der Waals surface area contributed by atoms with Crippen LogP contribution < -0.4 is 21.3 Å². The van der Waals surface area contributed by atoms with Gasteiger partial charge in [0.25, 0.3) is 0 Å². The Morgan fingerprint density at radius 1 is 1.25 bits per heavy atom.